The molecule has 0 unspecified atom stereocenters. The third-order valence-electron chi connectivity index (χ3n) is 4.74. The van der Waals surface area contributed by atoms with Crippen LogP contribution in [0.4, 0.5) is 74.6 Å². The maximum Gasteiger partial charge on any atom is 0.460 e. The van der Waals surface area contributed by atoms with Gasteiger partial charge in [-0.1, -0.05) is 28.1 Å². The van der Waals surface area contributed by atoms with E-state index in [2.05, 4.69) is 15.9 Å². The van der Waals surface area contributed by atoms with E-state index in [0.29, 0.717) is 4.47 Å². The van der Waals surface area contributed by atoms with Gasteiger partial charge in [-0.05, 0) is 30.5 Å². The van der Waals surface area contributed by atoms with E-state index in [1.54, 1.807) is 0 Å². The summed E-state index contributed by atoms with van der Waals surface area (Å²) in [7, 11) is 0. The maximum atomic E-state index is 13.9. The highest BCUT2D eigenvalue weighted by atomic mass is 79.9. The zero-order valence-corrected chi connectivity index (χ0v) is 18.0. The molecule has 0 nitrogen and oxygen atoms in total. The summed E-state index contributed by atoms with van der Waals surface area (Å²) in [6, 6.07) is 3.15. The van der Waals surface area contributed by atoms with Gasteiger partial charge >= 0.3 is 47.6 Å². The van der Waals surface area contributed by atoms with Crippen molar-refractivity contribution in [1.82, 2.24) is 0 Å². The first-order chi connectivity index (χ1) is 15.1. The fraction of sp³-hybridized carbons (Fsp3) is 0.647. The van der Waals surface area contributed by atoms with E-state index in [9.17, 15) is 74.6 Å². The molecular weight excluding hydrogens is 607 g/mol. The molecule has 18 heteroatoms. The summed E-state index contributed by atoms with van der Waals surface area (Å²) in [5.41, 5.74) is -0.0140. The van der Waals surface area contributed by atoms with Crippen molar-refractivity contribution in [3.05, 3.63) is 33.8 Å². The van der Waals surface area contributed by atoms with Crippen LogP contribution in [-0.2, 0) is 6.42 Å². The third kappa shape index (κ3) is 4.67. The van der Waals surface area contributed by atoms with Gasteiger partial charge in [0.1, 0.15) is 0 Å². The van der Waals surface area contributed by atoms with E-state index in [0.717, 1.165) is 18.2 Å². The van der Waals surface area contributed by atoms with Crippen LogP contribution in [0.5, 0.6) is 0 Å². The molecule has 0 saturated heterocycles. The van der Waals surface area contributed by atoms with Crippen LogP contribution >= 0.6 is 15.9 Å². The normalized spacial score (nSPS) is 15.5. The molecule has 0 aromatic heterocycles. The Balaban J connectivity index is 3.46. The molecule has 0 atom stereocenters. The van der Waals surface area contributed by atoms with Gasteiger partial charge in [-0.2, -0.15) is 74.6 Å². The van der Waals surface area contributed by atoms with Gasteiger partial charge in [0.05, 0.1) is 0 Å². The Bertz CT molecular complexity index is 916. The highest BCUT2D eigenvalue weighted by Crippen LogP contribution is 2.64. The van der Waals surface area contributed by atoms with Crippen LogP contribution in [0, 0.1) is 6.92 Å². The van der Waals surface area contributed by atoms with Crippen molar-refractivity contribution in [3.8, 4) is 0 Å². The molecule has 0 amide bonds. The van der Waals surface area contributed by atoms with E-state index in [1.807, 2.05) is 0 Å². The second kappa shape index (κ2) is 8.82. The van der Waals surface area contributed by atoms with Crippen molar-refractivity contribution in [2.75, 3.05) is 0 Å². The summed E-state index contributed by atoms with van der Waals surface area (Å²) >= 11 is 2.95. The smallest absolute Gasteiger partial charge is 0.200 e. The third-order valence-corrected chi connectivity index (χ3v) is 5.63. The van der Waals surface area contributed by atoms with Crippen LogP contribution in [0.3, 0.4) is 0 Å². The van der Waals surface area contributed by atoms with E-state index in [4.69, 9.17) is 0 Å². The second-order valence-corrected chi connectivity index (χ2v) is 8.09. The SMILES string of the molecule is Cc1cc(CCC(F)(F)C(F)(F)C(F)(F)C(F)(F)C(F)(F)C(F)(F)C(F)(F)C(F)(F)F)ccc1Br. The summed E-state index contributed by atoms with van der Waals surface area (Å²) in [5, 5.41) is 0. The predicted octanol–water partition coefficient (Wildman–Crippen LogP) is 8.70. The Hall–Kier alpha value is -1.49. The number of hydrogen-bond acceptors (Lipinski definition) is 0. The van der Waals surface area contributed by atoms with Gasteiger partial charge in [-0.15, -0.1) is 0 Å². The van der Waals surface area contributed by atoms with Crippen LogP contribution in [0.2, 0.25) is 0 Å². The van der Waals surface area contributed by atoms with Crippen molar-refractivity contribution < 1.29 is 74.6 Å². The van der Waals surface area contributed by atoms with E-state index in [1.165, 1.54) is 6.92 Å². The van der Waals surface area contributed by atoms with Gasteiger partial charge in [0.2, 0.25) is 0 Å². The van der Waals surface area contributed by atoms with Crippen molar-refractivity contribution in [2.45, 2.75) is 67.4 Å². The fourth-order valence-corrected chi connectivity index (χ4v) is 2.76. The Morgan fingerprint density at radius 1 is 0.571 bits per heavy atom. The van der Waals surface area contributed by atoms with Crippen molar-refractivity contribution >= 4 is 15.9 Å². The summed E-state index contributed by atoms with van der Waals surface area (Å²) < 4.78 is 225. The molecule has 0 N–H and O–H groups in total. The van der Waals surface area contributed by atoms with Gasteiger partial charge < -0.3 is 0 Å². The van der Waals surface area contributed by atoms with E-state index >= 15 is 0 Å². The predicted molar refractivity (Wildman–Crippen MR) is 87.9 cm³/mol. The molecule has 1 aromatic carbocycles. The Labute approximate surface area is 192 Å². The second-order valence-electron chi connectivity index (χ2n) is 7.23. The number of halogens is 18. The lowest BCUT2D eigenvalue weighted by atomic mass is 9.87. The molecule has 0 bridgehead atoms. The Morgan fingerprint density at radius 2 is 0.943 bits per heavy atom. The number of alkyl halides is 17. The molecule has 0 saturated carbocycles. The first-order valence-corrected chi connectivity index (χ1v) is 9.39. The van der Waals surface area contributed by atoms with Crippen LogP contribution in [0.25, 0.3) is 0 Å². The highest BCUT2D eigenvalue weighted by molar-refractivity contribution is 9.10. The summed E-state index contributed by atoms with van der Waals surface area (Å²) in [6.07, 6.45) is -11.5. The van der Waals surface area contributed by atoms with Crippen molar-refractivity contribution in [1.29, 1.82) is 0 Å². The molecule has 0 heterocycles. The van der Waals surface area contributed by atoms with Gasteiger partial charge in [0.15, 0.2) is 0 Å². The standard InChI is InChI=1S/C17H10BrF17/c1-7-6-8(2-3-9(7)18)4-5-10(19,20)11(21,22)12(23,24)13(25,26)14(27,28)15(29,30)16(31,32)17(33,34)35/h2-3,6H,4-5H2,1H3. The minimum absolute atomic E-state index is 0.280. The maximum absolute atomic E-state index is 13.9. The molecule has 0 aliphatic heterocycles. The fourth-order valence-electron chi connectivity index (χ4n) is 2.52. The van der Waals surface area contributed by atoms with Gasteiger partial charge in [0.25, 0.3) is 0 Å². The summed E-state index contributed by atoms with van der Waals surface area (Å²) in [4.78, 5) is 0. The quantitative estimate of drug-likeness (QED) is 0.244. The minimum Gasteiger partial charge on any atom is -0.200 e. The number of hydrogen-bond donors (Lipinski definition) is 0. The first kappa shape index (κ1) is 31.5. The number of rotatable bonds is 9. The summed E-state index contributed by atoms with van der Waals surface area (Å²) in [6.45, 7) is 1.34. The topological polar surface area (TPSA) is 0 Å². The van der Waals surface area contributed by atoms with E-state index < -0.39 is 60.5 Å². The molecule has 0 radical (unpaired) electrons. The molecule has 0 spiro atoms. The van der Waals surface area contributed by atoms with Crippen molar-refractivity contribution in [3.63, 3.8) is 0 Å². The lowest BCUT2D eigenvalue weighted by molar-refractivity contribution is -0.461. The lowest BCUT2D eigenvalue weighted by Crippen LogP contribution is -2.74. The minimum atomic E-state index is -8.61. The van der Waals surface area contributed by atoms with Crippen LogP contribution in [-0.4, -0.2) is 47.6 Å². The average molecular weight is 617 g/mol. The Morgan fingerprint density at radius 3 is 1.31 bits per heavy atom. The number of benzene rings is 1. The highest BCUT2D eigenvalue weighted by Gasteiger charge is 2.95. The zero-order valence-electron chi connectivity index (χ0n) is 16.4. The largest absolute Gasteiger partial charge is 0.460 e. The molecular formula is C17H10BrF17. The average Bonchev–Trinajstić information content (AvgIpc) is 2.67. The lowest BCUT2D eigenvalue weighted by Gasteiger charge is -2.42. The Kier molecular flexibility index (Phi) is 7.94. The van der Waals surface area contributed by atoms with Crippen molar-refractivity contribution in [2.24, 2.45) is 0 Å². The van der Waals surface area contributed by atoms with Gasteiger partial charge in [0, 0.05) is 10.9 Å². The number of aryl methyl sites for hydroxylation is 2. The molecule has 35 heavy (non-hydrogen) atoms. The molecule has 1 rings (SSSR count). The van der Waals surface area contributed by atoms with Crippen LogP contribution in [0.15, 0.2) is 22.7 Å². The van der Waals surface area contributed by atoms with Gasteiger partial charge in [-0.3, -0.25) is 0 Å². The molecule has 1 aromatic rings. The van der Waals surface area contributed by atoms with Crippen LogP contribution < -0.4 is 0 Å². The summed E-state index contributed by atoms with van der Waals surface area (Å²) in [5.74, 6) is -56.1. The molecule has 0 aliphatic carbocycles. The van der Waals surface area contributed by atoms with Gasteiger partial charge in [-0.25, -0.2) is 0 Å². The zero-order chi connectivity index (χ0) is 28.3. The molecule has 0 fully saturated rings. The molecule has 204 valence electrons. The van der Waals surface area contributed by atoms with Crippen LogP contribution in [0.1, 0.15) is 17.5 Å². The van der Waals surface area contributed by atoms with E-state index in [-0.39, 0.29) is 11.1 Å². The molecule has 0 aliphatic rings. The monoisotopic (exact) mass is 616 g/mol. The first-order valence-electron chi connectivity index (χ1n) is 8.60.